The number of aromatic nitrogens is 4. The van der Waals surface area contributed by atoms with Crippen LogP contribution in [0.2, 0.25) is 0 Å². The highest BCUT2D eigenvalue weighted by molar-refractivity contribution is 5.93. The second-order valence-corrected chi connectivity index (χ2v) is 9.82. The van der Waals surface area contributed by atoms with E-state index in [0.29, 0.717) is 16.9 Å². The maximum Gasteiger partial charge on any atom is 0.280 e. The number of hydrogen-bond donors (Lipinski definition) is 1. The van der Waals surface area contributed by atoms with E-state index in [1.165, 1.54) is 4.52 Å². The molecule has 1 aliphatic carbocycles. The first-order valence-electron chi connectivity index (χ1n) is 12.8. The van der Waals surface area contributed by atoms with Crippen LogP contribution in [0.15, 0.2) is 102 Å². The molecule has 3 heterocycles. The Labute approximate surface area is 218 Å². The Kier molecular flexibility index (Phi) is 5.25. The van der Waals surface area contributed by atoms with Crippen molar-refractivity contribution >= 4 is 22.3 Å². The summed E-state index contributed by atoms with van der Waals surface area (Å²) in [5, 5.41) is 4.28. The van der Waals surface area contributed by atoms with Gasteiger partial charge in [-0.2, -0.15) is 4.52 Å². The molecule has 0 aliphatic heterocycles. The molecule has 1 fully saturated rings. The number of nitrogens with one attached hydrogen (secondary N) is 1. The van der Waals surface area contributed by atoms with E-state index < -0.39 is 0 Å². The fourth-order valence-corrected chi connectivity index (χ4v) is 5.17. The second kappa shape index (κ2) is 8.92. The van der Waals surface area contributed by atoms with Crippen LogP contribution in [0, 0.1) is 5.92 Å². The first kappa shape index (κ1) is 22.4. The van der Waals surface area contributed by atoms with Crippen molar-refractivity contribution in [2.24, 2.45) is 5.92 Å². The lowest BCUT2D eigenvalue weighted by molar-refractivity contribution is -0.119. The van der Waals surface area contributed by atoms with E-state index >= 15 is 0 Å². The molecule has 0 unspecified atom stereocenters. The Balaban J connectivity index is 1.54. The zero-order valence-corrected chi connectivity index (χ0v) is 20.6. The van der Waals surface area contributed by atoms with Gasteiger partial charge in [-0.25, -0.2) is 4.98 Å². The van der Waals surface area contributed by atoms with Crippen molar-refractivity contribution in [1.82, 2.24) is 19.6 Å². The summed E-state index contributed by atoms with van der Waals surface area (Å²) in [6.07, 6.45) is 3.71. The number of nitrogens with zero attached hydrogens (tertiary/aromatic N) is 3. The van der Waals surface area contributed by atoms with Crippen LogP contribution in [0.25, 0.3) is 50.1 Å². The van der Waals surface area contributed by atoms with Gasteiger partial charge in [0.1, 0.15) is 5.78 Å². The van der Waals surface area contributed by atoms with Gasteiger partial charge in [0.05, 0.1) is 28.0 Å². The van der Waals surface area contributed by atoms with Gasteiger partial charge in [0.15, 0.2) is 5.65 Å². The standard InChI is InChI=1S/C32H24N4O2/c37-27(20-13-14-20)19-26-28(24-15-16-25-23(18-24)12-7-17-33-25)32(38)36-31(34-26)29(21-8-3-1-4-9-21)30(35-36)22-10-5-2-6-11-22/h1-12,15-18,20,35H,13-14,19H2. The third-order valence-electron chi connectivity index (χ3n) is 7.25. The third-order valence-corrected chi connectivity index (χ3v) is 7.25. The van der Waals surface area contributed by atoms with Gasteiger partial charge in [-0.05, 0) is 42.2 Å². The average Bonchev–Trinajstić information content (AvgIpc) is 3.75. The van der Waals surface area contributed by atoms with Crippen LogP contribution >= 0.6 is 0 Å². The van der Waals surface area contributed by atoms with E-state index in [-0.39, 0.29) is 23.7 Å². The molecule has 3 aromatic heterocycles. The van der Waals surface area contributed by atoms with Crippen LogP contribution in [-0.4, -0.2) is 25.4 Å². The molecule has 0 spiro atoms. The largest absolute Gasteiger partial charge is 0.299 e. The van der Waals surface area contributed by atoms with Crippen molar-refractivity contribution in [3.63, 3.8) is 0 Å². The first-order chi connectivity index (χ1) is 18.7. The Morgan fingerprint density at radius 3 is 2.32 bits per heavy atom. The topological polar surface area (TPSA) is 80.1 Å². The molecule has 6 nitrogen and oxygen atoms in total. The number of ketones is 1. The van der Waals surface area contributed by atoms with Crippen LogP contribution in [0.4, 0.5) is 0 Å². The van der Waals surface area contributed by atoms with Crippen molar-refractivity contribution in [1.29, 1.82) is 0 Å². The molecular formula is C32H24N4O2. The summed E-state index contributed by atoms with van der Waals surface area (Å²) in [6.45, 7) is 0. The SMILES string of the molecule is O=C(Cc1nc2c(-c3ccccc3)c(-c3ccccc3)[nH]n2c(=O)c1-c1ccc2ncccc2c1)C1CC1. The number of rotatable bonds is 6. The van der Waals surface area contributed by atoms with Crippen LogP contribution in [-0.2, 0) is 11.2 Å². The number of aromatic amines is 1. The normalized spacial score (nSPS) is 13.3. The summed E-state index contributed by atoms with van der Waals surface area (Å²) < 4.78 is 1.53. The summed E-state index contributed by atoms with van der Waals surface area (Å²) in [6, 6.07) is 29.5. The molecule has 184 valence electrons. The molecule has 1 aliphatic rings. The van der Waals surface area contributed by atoms with E-state index in [1.54, 1.807) is 6.20 Å². The minimum atomic E-state index is -0.226. The highest BCUT2D eigenvalue weighted by atomic mass is 16.1. The fourth-order valence-electron chi connectivity index (χ4n) is 5.17. The summed E-state index contributed by atoms with van der Waals surface area (Å²) in [5.41, 5.74) is 6.37. The van der Waals surface area contributed by atoms with Gasteiger partial charge < -0.3 is 0 Å². The number of Topliss-reactive ketones (excluding diaryl/α,β-unsaturated/α-hetero) is 1. The second-order valence-electron chi connectivity index (χ2n) is 9.82. The Morgan fingerprint density at radius 1 is 0.842 bits per heavy atom. The molecule has 0 saturated heterocycles. The molecule has 3 aromatic carbocycles. The minimum absolute atomic E-state index is 0.0728. The van der Waals surface area contributed by atoms with Crippen molar-refractivity contribution in [3.05, 3.63) is 113 Å². The molecule has 0 amide bonds. The maximum atomic E-state index is 14.2. The molecular weight excluding hydrogens is 472 g/mol. The van der Waals surface area contributed by atoms with E-state index in [0.717, 1.165) is 51.7 Å². The Bertz CT molecular complexity index is 1880. The molecule has 6 heteroatoms. The molecule has 38 heavy (non-hydrogen) atoms. The van der Waals surface area contributed by atoms with Gasteiger partial charge in [-0.3, -0.25) is 19.7 Å². The van der Waals surface area contributed by atoms with Gasteiger partial charge in [0, 0.05) is 29.5 Å². The van der Waals surface area contributed by atoms with Gasteiger partial charge >= 0.3 is 0 Å². The quantitative estimate of drug-likeness (QED) is 0.302. The number of pyridine rings is 1. The van der Waals surface area contributed by atoms with Gasteiger partial charge in [-0.1, -0.05) is 72.8 Å². The minimum Gasteiger partial charge on any atom is -0.299 e. The zero-order valence-electron chi connectivity index (χ0n) is 20.6. The van der Waals surface area contributed by atoms with E-state index in [2.05, 4.69) is 10.1 Å². The number of carbonyl (C=O) groups excluding carboxylic acids is 1. The lowest BCUT2D eigenvalue weighted by Gasteiger charge is -2.10. The van der Waals surface area contributed by atoms with E-state index in [1.807, 2.05) is 91.0 Å². The predicted octanol–water partition coefficient (Wildman–Crippen LogP) is 6.09. The summed E-state index contributed by atoms with van der Waals surface area (Å²) in [4.78, 5) is 36.8. The predicted molar refractivity (Wildman–Crippen MR) is 149 cm³/mol. The fraction of sp³-hybridized carbons (Fsp3) is 0.125. The van der Waals surface area contributed by atoms with E-state index in [4.69, 9.17) is 4.98 Å². The van der Waals surface area contributed by atoms with Crippen LogP contribution in [0.3, 0.4) is 0 Å². The molecule has 0 radical (unpaired) electrons. The highest BCUT2D eigenvalue weighted by Crippen LogP contribution is 2.36. The number of fused-ring (bicyclic) bond motifs is 2. The Morgan fingerprint density at radius 2 is 1.58 bits per heavy atom. The van der Waals surface area contributed by atoms with Gasteiger partial charge in [0.2, 0.25) is 0 Å². The summed E-state index contributed by atoms with van der Waals surface area (Å²) >= 11 is 0. The summed E-state index contributed by atoms with van der Waals surface area (Å²) in [7, 11) is 0. The molecule has 1 N–H and O–H groups in total. The zero-order chi connectivity index (χ0) is 25.6. The van der Waals surface area contributed by atoms with Crippen molar-refractivity contribution < 1.29 is 4.79 Å². The first-order valence-corrected chi connectivity index (χ1v) is 12.8. The highest BCUT2D eigenvalue weighted by Gasteiger charge is 2.31. The van der Waals surface area contributed by atoms with Crippen molar-refractivity contribution in [2.45, 2.75) is 19.3 Å². The number of H-pyrrole nitrogens is 1. The average molecular weight is 497 g/mol. The number of hydrogen-bond acceptors (Lipinski definition) is 4. The van der Waals surface area contributed by atoms with Crippen molar-refractivity contribution in [2.75, 3.05) is 0 Å². The molecule has 7 rings (SSSR count). The van der Waals surface area contributed by atoms with Gasteiger partial charge in [0.25, 0.3) is 5.56 Å². The van der Waals surface area contributed by atoms with Crippen LogP contribution < -0.4 is 5.56 Å². The smallest absolute Gasteiger partial charge is 0.280 e. The monoisotopic (exact) mass is 496 g/mol. The van der Waals surface area contributed by atoms with Crippen LogP contribution in [0.5, 0.6) is 0 Å². The molecule has 6 aromatic rings. The number of benzene rings is 3. The van der Waals surface area contributed by atoms with E-state index in [9.17, 15) is 9.59 Å². The third kappa shape index (κ3) is 3.82. The molecule has 1 saturated carbocycles. The Hall–Kier alpha value is -4.84. The summed E-state index contributed by atoms with van der Waals surface area (Å²) in [5.74, 6) is 0.216. The lowest BCUT2D eigenvalue weighted by Crippen LogP contribution is -2.22. The van der Waals surface area contributed by atoms with Gasteiger partial charge in [-0.15, -0.1) is 0 Å². The molecule has 0 bridgehead atoms. The number of carbonyl (C=O) groups is 1. The maximum absolute atomic E-state index is 14.2. The lowest BCUT2D eigenvalue weighted by atomic mass is 9.98. The van der Waals surface area contributed by atoms with Crippen LogP contribution in [0.1, 0.15) is 18.5 Å². The molecule has 0 atom stereocenters. The van der Waals surface area contributed by atoms with Crippen molar-refractivity contribution in [3.8, 4) is 33.5 Å².